The highest BCUT2D eigenvalue weighted by molar-refractivity contribution is 5.28. The molecule has 0 bridgehead atoms. The van der Waals surface area contributed by atoms with Crippen molar-refractivity contribution in [3.8, 4) is 0 Å². The molecule has 0 aromatic heterocycles. The van der Waals surface area contributed by atoms with Gasteiger partial charge in [0.25, 0.3) is 0 Å². The van der Waals surface area contributed by atoms with Crippen molar-refractivity contribution < 1.29 is 13.2 Å². The van der Waals surface area contributed by atoms with E-state index in [0.29, 0.717) is 0 Å². The highest BCUT2D eigenvalue weighted by Crippen LogP contribution is 2.32. The van der Waals surface area contributed by atoms with Crippen molar-refractivity contribution in [2.45, 2.75) is 45.2 Å². The summed E-state index contributed by atoms with van der Waals surface area (Å²) in [6.07, 6.45) is -1.41. The van der Waals surface area contributed by atoms with Gasteiger partial charge in [-0.1, -0.05) is 38.5 Å². The standard InChI is InChI=1S/C13H17F3/c1-3-6-10(4-2)11-7-5-8-12(9-11)13(14,15)16/h5,7-10H,3-4,6H2,1-2H3. The van der Waals surface area contributed by atoms with Crippen LogP contribution in [0.1, 0.15) is 50.2 Å². The summed E-state index contributed by atoms with van der Waals surface area (Å²) in [7, 11) is 0. The predicted octanol–water partition coefficient (Wildman–Crippen LogP) is 5.00. The van der Waals surface area contributed by atoms with E-state index < -0.39 is 11.7 Å². The molecular formula is C13H17F3. The van der Waals surface area contributed by atoms with Crippen molar-refractivity contribution in [3.05, 3.63) is 35.4 Å². The van der Waals surface area contributed by atoms with E-state index in [0.717, 1.165) is 30.9 Å². The molecule has 1 aromatic carbocycles. The number of benzene rings is 1. The molecule has 0 aliphatic carbocycles. The van der Waals surface area contributed by atoms with Gasteiger partial charge in [0.2, 0.25) is 0 Å². The molecule has 0 aliphatic rings. The first-order chi connectivity index (χ1) is 7.49. The van der Waals surface area contributed by atoms with Crippen LogP contribution in [0.4, 0.5) is 13.2 Å². The lowest BCUT2D eigenvalue weighted by molar-refractivity contribution is -0.137. The summed E-state index contributed by atoms with van der Waals surface area (Å²) >= 11 is 0. The van der Waals surface area contributed by atoms with Crippen LogP contribution in [0.25, 0.3) is 0 Å². The van der Waals surface area contributed by atoms with E-state index in [4.69, 9.17) is 0 Å². The Bertz CT molecular complexity index is 328. The molecule has 0 spiro atoms. The molecule has 1 atom stereocenters. The van der Waals surface area contributed by atoms with Gasteiger partial charge in [-0.15, -0.1) is 0 Å². The van der Waals surface area contributed by atoms with Gasteiger partial charge in [0.15, 0.2) is 0 Å². The molecule has 1 rings (SSSR count). The fourth-order valence-corrected chi connectivity index (χ4v) is 1.92. The van der Waals surface area contributed by atoms with Crippen molar-refractivity contribution in [2.75, 3.05) is 0 Å². The highest BCUT2D eigenvalue weighted by atomic mass is 19.4. The van der Waals surface area contributed by atoms with E-state index in [1.54, 1.807) is 6.07 Å². The Morgan fingerprint density at radius 2 is 1.88 bits per heavy atom. The number of hydrogen-bond acceptors (Lipinski definition) is 0. The van der Waals surface area contributed by atoms with Crippen molar-refractivity contribution in [1.82, 2.24) is 0 Å². The Kier molecular flexibility index (Phi) is 4.39. The van der Waals surface area contributed by atoms with E-state index in [-0.39, 0.29) is 5.92 Å². The first-order valence-electron chi connectivity index (χ1n) is 5.66. The maximum atomic E-state index is 12.5. The van der Waals surface area contributed by atoms with E-state index in [1.807, 2.05) is 6.92 Å². The van der Waals surface area contributed by atoms with Crippen LogP contribution in [-0.4, -0.2) is 0 Å². The van der Waals surface area contributed by atoms with Crippen molar-refractivity contribution in [3.63, 3.8) is 0 Å². The van der Waals surface area contributed by atoms with Crippen LogP contribution >= 0.6 is 0 Å². The smallest absolute Gasteiger partial charge is 0.166 e. The largest absolute Gasteiger partial charge is 0.416 e. The molecule has 0 nitrogen and oxygen atoms in total. The van der Waals surface area contributed by atoms with Crippen LogP contribution in [-0.2, 0) is 6.18 Å². The third kappa shape index (κ3) is 3.26. The Hall–Kier alpha value is -0.990. The van der Waals surface area contributed by atoms with Gasteiger partial charge in [0.1, 0.15) is 0 Å². The van der Waals surface area contributed by atoms with Crippen LogP contribution in [0.5, 0.6) is 0 Å². The van der Waals surface area contributed by atoms with Gasteiger partial charge in [-0.3, -0.25) is 0 Å². The zero-order valence-electron chi connectivity index (χ0n) is 9.64. The molecule has 0 heterocycles. The summed E-state index contributed by atoms with van der Waals surface area (Å²) in [5, 5.41) is 0. The van der Waals surface area contributed by atoms with Crippen LogP contribution in [0.3, 0.4) is 0 Å². The number of halogens is 3. The molecule has 0 saturated heterocycles. The third-order valence-corrected chi connectivity index (χ3v) is 2.82. The maximum Gasteiger partial charge on any atom is 0.416 e. The summed E-state index contributed by atoms with van der Waals surface area (Å²) in [4.78, 5) is 0. The molecule has 1 aromatic rings. The summed E-state index contributed by atoms with van der Waals surface area (Å²) in [5.74, 6) is 0.243. The van der Waals surface area contributed by atoms with Gasteiger partial charge in [0, 0.05) is 0 Å². The van der Waals surface area contributed by atoms with Crippen molar-refractivity contribution in [1.29, 1.82) is 0 Å². The quantitative estimate of drug-likeness (QED) is 0.682. The first-order valence-corrected chi connectivity index (χ1v) is 5.66. The number of rotatable bonds is 4. The van der Waals surface area contributed by atoms with Crippen LogP contribution in [0.15, 0.2) is 24.3 Å². The minimum atomic E-state index is -4.24. The van der Waals surface area contributed by atoms with E-state index in [9.17, 15) is 13.2 Å². The lowest BCUT2D eigenvalue weighted by Crippen LogP contribution is -2.06. The Balaban J connectivity index is 2.97. The summed E-state index contributed by atoms with van der Waals surface area (Å²) < 4.78 is 37.6. The second-order valence-corrected chi connectivity index (χ2v) is 4.02. The van der Waals surface area contributed by atoms with Gasteiger partial charge in [-0.2, -0.15) is 13.2 Å². The second kappa shape index (κ2) is 5.37. The van der Waals surface area contributed by atoms with Crippen molar-refractivity contribution in [2.24, 2.45) is 0 Å². The van der Waals surface area contributed by atoms with Crippen LogP contribution < -0.4 is 0 Å². The summed E-state index contributed by atoms with van der Waals surface area (Å²) in [6, 6.07) is 5.70. The second-order valence-electron chi connectivity index (χ2n) is 4.02. The SMILES string of the molecule is CCCC(CC)c1cccc(C(F)(F)F)c1. The monoisotopic (exact) mass is 230 g/mol. The topological polar surface area (TPSA) is 0 Å². The molecule has 0 radical (unpaired) electrons. The van der Waals surface area contributed by atoms with Crippen LogP contribution in [0, 0.1) is 0 Å². The lowest BCUT2D eigenvalue weighted by Gasteiger charge is -2.16. The minimum absolute atomic E-state index is 0.243. The van der Waals surface area contributed by atoms with Crippen LogP contribution in [0.2, 0.25) is 0 Å². The van der Waals surface area contributed by atoms with Gasteiger partial charge < -0.3 is 0 Å². The average molecular weight is 230 g/mol. The molecule has 1 unspecified atom stereocenters. The fraction of sp³-hybridized carbons (Fsp3) is 0.538. The average Bonchev–Trinajstić information content (AvgIpc) is 2.25. The number of alkyl halides is 3. The Labute approximate surface area is 94.5 Å². The molecule has 0 aliphatic heterocycles. The zero-order chi connectivity index (χ0) is 12.2. The summed E-state index contributed by atoms with van der Waals surface area (Å²) in [6.45, 7) is 4.07. The van der Waals surface area contributed by atoms with Gasteiger partial charge in [-0.25, -0.2) is 0 Å². The molecule has 16 heavy (non-hydrogen) atoms. The molecule has 0 N–H and O–H groups in total. The molecule has 90 valence electrons. The third-order valence-electron chi connectivity index (χ3n) is 2.82. The Morgan fingerprint density at radius 1 is 1.19 bits per heavy atom. The molecule has 3 heteroatoms. The van der Waals surface area contributed by atoms with E-state index >= 15 is 0 Å². The molecule has 0 saturated carbocycles. The molecule has 0 amide bonds. The van der Waals surface area contributed by atoms with Gasteiger partial charge in [-0.05, 0) is 30.4 Å². The first kappa shape index (κ1) is 13.1. The van der Waals surface area contributed by atoms with Crippen molar-refractivity contribution >= 4 is 0 Å². The Morgan fingerprint density at radius 3 is 2.38 bits per heavy atom. The predicted molar refractivity (Wildman–Crippen MR) is 59.4 cm³/mol. The van der Waals surface area contributed by atoms with Gasteiger partial charge >= 0.3 is 6.18 Å². The summed E-state index contributed by atoms with van der Waals surface area (Å²) in [5.41, 5.74) is 0.263. The van der Waals surface area contributed by atoms with Gasteiger partial charge in [0.05, 0.1) is 5.56 Å². The van der Waals surface area contributed by atoms with E-state index in [1.165, 1.54) is 12.1 Å². The fourth-order valence-electron chi connectivity index (χ4n) is 1.92. The molecule has 0 fully saturated rings. The van der Waals surface area contributed by atoms with E-state index in [2.05, 4.69) is 6.92 Å². The lowest BCUT2D eigenvalue weighted by atomic mass is 9.91. The highest BCUT2D eigenvalue weighted by Gasteiger charge is 2.30. The normalized spacial score (nSPS) is 13.8. The maximum absolute atomic E-state index is 12.5. The number of hydrogen-bond donors (Lipinski definition) is 0. The zero-order valence-corrected chi connectivity index (χ0v) is 9.64. The minimum Gasteiger partial charge on any atom is -0.166 e. The molecular weight excluding hydrogens is 213 g/mol.